The number of nitrogens with one attached hydrogen (secondary N) is 1. The summed E-state index contributed by atoms with van der Waals surface area (Å²) in [6.07, 6.45) is 5.01. The quantitative estimate of drug-likeness (QED) is 0.896. The van der Waals surface area contributed by atoms with Crippen LogP contribution < -0.4 is 5.32 Å². The number of carbonyl (C=O) groups is 2. The molecule has 1 aliphatic heterocycles. The molecule has 0 saturated carbocycles. The number of carbonyl (C=O) groups excluding carboxylic acids is 2. The van der Waals surface area contributed by atoms with E-state index in [4.69, 9.17) is 0 Å². The van der Waals surface area contributed by atoms with Crippen LogP contribution in [0.5, 0.6) is 0 Å². The van der Waals surface area contributed by atoms with Crippen LogP contribution in [0.3, 0.4) is 0 Å². The molecule has 6 nitrogen and oxygen atoms in total. The number of hydrogen-bond acceptors (Lipinski definition) is 3. The Hall–Kier alpha value is -2.89. The molecule has 1 aromatic heterocycles. The van der Waals surface area contributed by atoms with Gasteiger partial charge in [-0.2, -0.15) is 0 Å². The Kier molecular flexibility index (Phi) is 6.06. The molecule has 3 rings (SSSR count). The number of piperidine rings is 1. The van der Waals surface area contributed by atoms with Crippen molar-refractivity contribution in [2.45, 2.75) is 38.8 Å². The lowest BCUT2D eigenvalue weighted by Crippen LogP contribution is -2.42. The van der Waals surface area contributed by atoms with E-state index in [0.717, 1.165) is 25.1 Å². The Morgan fingerprint density at radius 2 is 1.96 bits per heavy atom. The molecule has 0 aliphatic carbocycles. The zero-order valence-electron chi connectivity index (χ0n) is 15.9. The number of urea groups is 1. The van der Waals surface area contributed by atoms with E-state index in [-0.39, 0.29) is 18.0 Å². The Balaban J connectivity index is 1.58. The second-order valence-corrected chi connectivity index (χ2v) is 7.03. The van der Waals surface area contributed by atoms with E-state index in [1.807, 2.05) is 23.1 Å². The lowest BCUT2D eigenvalue weighted by Gasteiger charge is -2.33. The summed E-state index contributed by atoms with van der Waals surface area (Å²) >= 11 is 0. The van der Waals surface area contributed by atoms with Crippen LogP contribution in [-0.2, 0) is 6.54 Å². The first kappa shape index (κ1) is 18.9. The minimum absolute atomic E-state index is 0.0624. The van der Waals surface area contributed by atoms with E-state index in [1.54, 1.807) is 42.4 Å². The zero-order valence-corrected chi connectivity index (χ0v) is 15.9. The van der Waals surface area contributed by atoms with Gasteiger partial charge in [0, 0.05) is 37.1 Å². The van der Waals surface area contributed by atoms with Crippen molar-refractivity contribution in [3.63, 3.8) is 0 Å². The molecule has 0 radical (unpaired) electrons. The number of likely N-dealkylation sites (tertiary alicyclic amines) is 1. The van der Waals surface area contributed by atoms with Crippen molar-refractivity contribution >= 4 is 17.6 Å². The van der Waals surface area contributed by atoms with E-state index in [1.165, 1.54) is 6.42 Å². The summed E-state index contributed by atoms with van der Waals surface area (Å²) in [6.45, 7) is 3.34. The lowest BCUT2D eigenvalue weighted by molar-refractivity contribution is 0.0635. The largest absolute Gasteiger partial charge is 0.336 e. The lowest BCUT2D eigenvalue weighted by atomic mass is 10.0. The van der Waals surface area contributed by atoms with Gasteiger partial charge < -0.3 is 15.1 Å². The molecular weight excluding hydrogens is 340 g/mol. The van der Waals surface area contributed by atoms with Crippen molar-refractivity contribution in [1.82, 2.24) is 14.8 Å². The maximum atomic E-state index is 12.7. The van der Waals surface area contributed by atoms with Gasteiger partial charge in [-0.15, -0.1) is 0 Å². The molecule has 1 atom stereocenters. The summed E-state index contributed by atoms with van der Waals surface area (Å²) in [7, 11) is 1.72. The van der Waals surface area contributed by atoms with Gasteiger partial charge in [-0.05, 0) is 62.6 Å². The maximum absolute atomic E-state index is 12.7. The van der Waals surface area contributed by atoms with Crippen molar-refractivity contribution < 1.29 is 9.59 Å². The fourth-order valence-electron chi connectivity index (χ4n) is 3.29. The van der Waals surface area contributed by atoms with Gasteiger partial charge in [-0.1, -0.05) is 6.07 Å². The Morgan fingerprint density at radius 3 is 2.63 bits per heavy atom. The summed E-state index contributed by atoms with van der Waals surface area (Å²) in [5.41, 5.74) is 2.14. The molecule has 2 aromatic rings. The van der Waals surface area contributed by atoms with E-state index >= 15 is 0 Å². The van der Waals surface area contributed by atoms with Crippen LogP contribution in [0, 0.1) is 0 Å². The molecule has 2 heterocycles. The van der Waals surface area contributed by atoms with Gasteiger partial charge in [0.1, 0.15) is 0 Å². The molecule has 1 aromatic carbocycles. The van der Waals surface area contributed by atoms with Crippen LogP contribution in [0.4, 0.5) is 10.5 Å². The number of nitrogens with zero attached hydrogens (tertiary/aromatic N) is 3. The fourth-order valence-corrected chi connectivity index (χ4v) is 3.29. The summed E-state index contributed by atoms with van der Waals surface area (Å²) in [5, 5.41) is 2.85. The topological polar surface area (TPSA) is 65.5 Å². The van der Waals surface area contributed by atoms with E-state index in [9.17, 15) is 9.59 Å². The highest BCUT2D eigenvalue weighted by Gasteiger charge is 2.24. The highest BCUT2D eigenvalue weighted by molar-refractivity contribution is 5.95. The molecule has 1 saturated heterocycles. The SMILES string of the molecule is CC1CCCCN1C(=O)c1ccc(NC(=O)N(C)Cc2ccccn2)cc1. The van der Waals surface area contributed by atoms with E-state index in [0.29, 0.717) is 17.8 Å². The number of rotatable bonds is 4. The first-order valence-corrected chi connectivity index (χ1v) is 9.37. The van der Waals surface area contributed by atoms with Crippen molar-refractivity contribution in [2.24, 2.45) is 0 Å². The van der Waals surface area contributed by atoms with Gasteiger partial charge in [-0.25, -0.2) is 4.79 Å². The summed E-state index contributed by atoms with van der Waals surface area (Å²) in [6, 6.07) is 12.8. The predicted octanol–water partition coefficient (Wildman–Crippen LogP) is 3.76. The molecule has 1 fully saturated rings. The number of anilines is 1. The summed E-state index contributed by atoms with van der Waals surface area (Å²) in [5.74, 6) is 0.0624. The number of pyridine rings is 1. The normalized spacial score (nSPS) is 16.7. The number of benzene rings is 1. The average molecular weight is 366 g/mol. The van der Waals surface area contributed by atoms with Gasteiger partial charge >= 0.3 is 6.03 Å². The molecule has 3 amide bonds. The highest BCUT2D eigenvalue weighted by atomic mass is 16.2. The molecular formula is C21H26N4O2. The number of hydrogen-bond donors (Lipinski definition) is 1. The van der Waals surface area contributed by atoms with Gasteiger partial charge in [0.2, 0.25) is 0 Å². The third kappa shape index (κ3) is 4.84. The second kappa shape index (κ2) is 8.66. The molecule has 0 bridgehead atoms. The monoisotopic (exact) mass is 366 g/mol. The van der Waals surface area contributed by atoms with Gasteiger partial charge in [0.25, 0.3) is 5.91 Å². The van der Waals surface area contributed by atoms with E-state index in [2.05, 4.69) is 17.2 Å². The Bertz CT molecular complexity index is 777. The molecule has 27 heavy (non-hydrogen) atoms. The molecule has 1 aliphatic rings. The van der Waals surface area contributed by atoms with Crippen LogP contribution in [-0.4, -0.2) is 46.4 Å². The highest BCUT2D eigenvalue weighted by Crippen LogP contribution is 2.20. The third-order valence-corrected chi connectivity index (χ3v) is 4.92. The molecule has 142 valence electrons. The second-order valence-electron chi connectivity index (χ2n) is 7.03. The van der Waals surface area contributed by atoms with Crippen molar-refractivity contribution in [3.05, 3.63) is 59.9 Å². The first-order chi connectivity index (χ1) is 13.0. The molecule has 6 heteroatoms. The molecule has 1 unspecified atom stereocenters. The zero-order chi connectivity index (χ0) is 19.2. The maximum Gasteiger partial charge on any atom is 0.321 e. The smallest absolute Gasteiger partial charge is 0.321 e. The van der Waals surface area contributed by atoms with Crippen LogP contribution in [0.1, 0.15) is 42.2 Å². The molecule has 1 N–H and O–H groups in total. The summed E-state index contributed by atoms with van der Waals surface area (Å²) < 4.78 is 0. The fraction of sp³-hybridized carbons (Fsp3) is 0.381. The minimum atomic E-state index is -0.218. The Morgan fingerprint density at radius 1 is 1.19 bits per heavy atom. The van der Waals surface area contributed by atoms with Crippen LogP contribution in [0.2, 0.25) is 0 Å². The number of aromatic nitrogens is 1. The molecule has 0 spiro atoms. The van der Waals surface area contributed by atoms with Crippen molar-refractivity contribution in [1.29, 1.82) is 0 Å². The van der Waals surface area contributed by atoms with E-state index < -0.39 is 0 Å². The summed E-state index contributed by atoms with van der Waals surface area (Å²) in [4.78, 5) is 32.8. The Labute approximate surface area is 160 Å². The predicted molar refractivity (Wildman–Crippen MR) is 106 cm³/mol. The number of amides is 3. The standard InChI is InChI=1S/C21H26N4O2/c1-16-7-4-6-14-25(16)20(26)17-9-11-18(12-10-17)23-21(27)24(2)15-19-8-3-5-13-22-19/h3,5,8-13,16H,4,6-7,14-15H2,1-2H3,(H,23,27). The van der Waals surface area contributed by atoms with Gasteiger partial charge in [-0.3, -0.25) is 9.78 Å². The van der Waals surface area contributed by atoms with Crippen LogP contribution >= 0.6 is 0 Å². The van der Waals surface area contributed by atoms with Gasteiger partial charge in [0.15, 0.2) is 0 Å². The minimum Gasteiger partial charge on any atom is -0.336 e. The average Bonchev–Trinajstić information content (AvgIpc) is 2.69. The van der Waals surface area contributed by atoms with Gasteiger partial charge in [0.05, 0.1) is 12.2 Å². The van der Waals surface area contributed by atoms with Crippen molar-refractivity contribution in [2.75, 3.05) is 18.9 Å². The third-order valence-electron chi connectivity index (χ3n) is 4.92. The van der Waals surface area contributed by atoms with Crippen molar-refractivity contribution in [3.8, 4) is 0 Å². The van der Waals surface area contributed by atoms with Crippen LogP contribution in [0.15, 0.2) is 48.7 Å². The first-order valence-electron chi connectivity index (χ1n) is 9.37. The van der Waals surface area contributed by atoms with Crippen LogP contribution in [0.25, 0.3) is 0 Å².